The largest absolute Gasteiger partial charge is 0.392 e. The molecule has 3 aromatic rings. The van der Waals surface area contributed by atoms with Crippen LogP contribution in [-0.2, 0) is 29.2 Å². The SMILES string of the molecule is C[C@H](O)[C@@H]1[C@@H](OCc2ccccc2)[C@H](OCc2ccccc2)CN1Cc1ccccc1. The molecule has 1 fully saturated rings. The van der Waals surface area contributed by atoms with Gasteiger partial charge in [-0.25, -0.2) is 0 Å². The van der Waals surface area contributed by atoms with Crippen molar-refractivity contribution in [1.29, 1.82) is 0 Å². The van der Waals surface area contributed by atoms with Crippen molar-refractivity contribution >= 4 is 0 Å². The van der Waals surface area contributed by atoms with Gasteiger partial charge in [-0.2, -0.15) is 0 Å². The van der Waals surface area contributed by atoms with E-state index >= 15 is 0 Å². The Bertz CT molecular complexity index is 902. The molecule has 162 valence electrons. The minimum absolute atomic E-state index is 0.118. The molecular formula is C27H31NO3. The van der Waals surface area contributed by atoms with Gasteiger partial charge in [-0.1, -0.05) is 91.0 Å². The summed E-state index contributed by atoms with van der Waals surface area (Å²) in [5.74, 6) is 0. The fourth-order valence-corrected chi connectivity index (χ4v) is 4.35. The summed E-state index contributed by atoms with van der Waals surface area (Å²) >= 11 is 0. The average Bonchev–Trinajstić information content (AvgIpc) is 3.15. The summed E-state index contributed by atoms with van der Waals surface area (Å²) in [5, 5.41) is 10.7. The molecule has 1 N–H and O–H groups in total. The second-order valence-corrected chi connectivity index (χ2v) is 8.24. The number of ether oxygens (including phenoxy) is 2. The Balaban J connectivity index is 1.51. The summed E-state index contributed by atoms with van der Waals surface area (Å²) in [6.07, 6.45) is -0.866. The highest BCUT2D eigenvalue weighted by Gasteiger charge is 2.45. The van der Waals surface area contributed by atoms with Gasteiger partial charge in [0.2, 0.25) is 0 Å². The first-order valence-electron chi connectivity index (χ1n) is 11.0. The fourth-order valence-electron chi connectivity index (χ4n) is 4.35. The topological polar surface area (TPSA) is 41.9 Å². The van der Waals surface area contributed by atoms with Gasteiger partial charge in [0, 0.05) is 13.1 Å². The van der Waals surface area contributed by atoms with Crippen LogP contribution in [0.1, 0.15) is 23.6 Å². The van der Waals surface area contributed by atoms with Gasteiger partial charge in [0.1, 0.15) is 6.10 Å². The van der Waals surface area contributed by atoms with Gasteiger partial charge in [0.25, 0.3) is 0 Å². The zero-order chi connectivity index (χ0) is 21.5. The molecule has 4 heteroatoms. The molecule has 3 aromatic carbocycles. The molecular weight excluding hydrogens is 386 g/mol. The Morgan fingerprint density at radius 2 is 1.26 bits per heavy atom. The summed E-state index contributed by atoms with van der Waals surface area (Å²) in [5.41, 5.74) is 3.48. The number of nitrogens with zero attached hydrogens (tertiary/aromatic N) is 1. The molecule has 1 aliphatic heterocycles. The van der Waals surface area contributed by atoms with Crippen LogP contribution >= 0.6 is 0 Å². The number of aliphatic hydroxyl groups excluding tert-OH is 1. The van der Waals surface area contributed by atoms with Gasteiger partial charge in [0.15, 0.2) is 0 Å². The van der Waals surface area contributed by atoms with Crippen LogP contribution in [0.3, 0.4) is 0 Å². The summed E-state index contributed by atoms with van der Waals surface area (Å²) < 4.78 is 12.8. The highest BCUT2D eigenvalue weighted by atomic mass is 16.5. The molecule has 31 heavy (non-hydrogen) atoms. The minimum Gasteiger partial charge on any atom is -0.392 e. The lowest BCUT2D eigenvalue weighted by atomic mass is 10.0. The number of hydrogen-bond acceptors (Lipinski definition) is 4. The lowest BCUT2D eigenvalue weighted by Crippen LogP contribution is -2.45. The summed E-state index contributed by atoms with van der Waals surface area (Å²) in [6.45, 7) is 4.35. The average molecular weight is 418 g/mol. The first kappa shape index (κ1) is 21.7. The van der Waals surface area contributed by atoms with E-state index in [1.807, 2.05) is 49.4 Å². The van der Waals surface area contributed by atoms with Gasteiger partial charge in [-0.3, -0.25) is 4.90 Å². The molecule has 0 saturated carbocycles. The molecule has 0 aromatic heterocycles. The smallest absolute Gasteiger partial charge is 0.103 e. The second kappa shape index (κ2) is 10.7. The molecule has 0 bridgehead atoms. The minimum atomic E-state index is -0.533. The van der Waals surface area contributed by atoms with E-state index in [0.717, 1.165) is 24.2 Å². The van der Waals surface area contributed by atoms with Crippen molar-refractivity contribution in [2.24, 2.45) is 0 Å². The van der Waals surface area contributed by atoms with Crippen LogP contribution in [0.15, 0.2) is 91.0 Å². The van der Waals surface area contributed by atoms with E-state index < -0.39 is 6.10 Å². The monoisotopic (exact) mass is 417 g/mol. The predicted molar refractivity (Wildman–Crippen MR) is 122 cm³/mol. The van der Waals surface area contributed by atoms with Crippen LogP contribution < -0.4 is 0 Å². The van der Waals surface area contributed by atoms with E-state index in [0.29, 0.717) is 13.2 Å². The van der Waals surface area contributed by atoms with Crippen molar-refractivity contribution < 1.29 is 14.6 Å². The van der Waals surface area contributed by atoms with Crippen molar-refractivity contribution in [2.75, 3.05) is 6.54 Å². The molecule has 0 radical (unpaired) electrons. The molecule has 0 unspecified atom stereocenters. The quantitative estimate of drug-likeness (QED) is 0.560. The molecule has 1 heterocycles. The normalized spacial score (nSPS) is 22.5. The summed E-state index contributed by atoms with van der Waals surface area (Å²) in [7, 11) is 0. The molecule has 0 amide bonds. The number of rotatable bonds is 9. The van der Waals surface area contributed by atoms with Crippen LogP contribution in [0.5, 0.6) is 0 Å². The lowest BCUT2D eigenvalue weighted by Gasteiger charge is -2.30. The number of hydrogen-bond donors (Lipinski definition) is 1. The number of aliphatic hydroxyl groups is 1. The fraction of sp³-hybridized carbons (Fsp3) is 0.333. The highest BCUT2D eigenvalue weighted by molar-refractivity contribution is 5.17. The molecule has 0 spiro atoms. The standard InChI is InChI=1S/C27H31NO3/c1-21(29)26-27(31-20-24-15-9-4-10-16-24)25(30-19-23-13-7-3-8-14-23)18-28(26)17-22-11-5-2-6-12-22/h2-16,21,25-27,29H,17-20H2,1H3/t21-,25+,26+,27-/m0/s1. The van der Waals surface area contributed by atoms with Crippen molar-refractivity contribution in [3.8, 4) is 0 Å². The number of likely N-dealkylation sites (tertiary alicyclic amines) is 1. The van der Waals surface area contributed by atoms with Gasteiger partial charge < -0.3 is 14.6 Å². The van der Waals surface area contributed by atoms with Crippen molar-refractivity contribution in [1.82, 2.24) is 4.90 Å². The first-order chi connectivity index (χ1) is 15.2. The van der Waals surface area contributed by atoms with E-state index in [-0.39, 0.29) is 18.2 Å². The molecule has 4 atom stereocenters. The molecule has 1 aliphatic rings. The van der Waals surface area contributed by atoms with E-state index in [9.17, 15) is 5.11 Å². The van der Waals surface area contributed by atoms with Crippen LogP contribution in [0, 0.1) is 0 Å². The van der Waals surface area contributed by atoms with E-state index in [1.165, 1.54) is 5.56 Å². The first-order valence-corrected chi connectivity index (χ1v) is 11.0. The van der Waals surface area contributed by atoms with Crippen LogP contribution in [-0.4, -0.2) is 40.9 Å². The lowest BCUT2D eigenvalue weighted by molar-refractivity contribution is -0.0857. The van der Waals surface area contributed by atoms with Crippen molar-refractivity contribution in [3.05, 3.63) is 108 Å². The second-order valence-electron chi connectivity index (χ2n) is 8.24. The van der Waals surface area contributed by atoms with E-state index in [1.54, 1.807) is 0 Å². The predicted octanol–water partition coefficient (Wildman–Crippen LogP) is 4.42. The molecule has 4 rings (SSSR count). The zero-order valence-corrected chi connectivity index (χ0v) is 18.0. The third-order valence-corrected chi connectivity index (χ3v) is 5.85. The Morgan fingerprint density at radius 1 is 0.774 bits per heavy atom. The van der Waals surface area contributed by atoms with Gasteiger partial charge in [-0.15, -0.1) is 0 Å². The molecule has 0 aliphatic carbocycles. The van der Waals surface area contributed by atoms with Crippen LogP contribution in [0.25, 0.3) is 0 Å². The Kier molecular flexibility index (Phi) is 7.49. The third kappa shape index (κ3) is 5.81. The van der Waals surface area contributed by atoms with Gasteiger partial charge >= 0.3 is 0 Å². The van der Waals surface area contributed by atoms with Crippen LogP contribution in [0.2, 0.25) is 0 Å². The highest BCUT2D eigenvalue weighted by Crippen LogP contribution is 2.29. The Morgan fingerprint density at radius 3 is 1.77 bits per heavy atom. The summed E-state index contributed by atoms with van der Waals surface area (Å²) in [4.78, 5) is 2.30. The van der Waals surface area contributed by atoms with Crippen molar-refractivity contribution in [2.45, 2.75) is 51.0 Å². The summed E-state index contributed by atoms with van der Waals surface area (Å²) in [6, 6.07) is 30.6. The van der Waals surface area contributed by atoms with Gasteiger partial charge in [-0.05, 0) is 23.6 Å². The van der Waals surface area contributed by atoms with E-state index in [4.69, 9.17) is 9.47 Å². The maximum absolute atomic E-state index is 10.7. The number of benzene rings is 3. The molecule has 1 saturated heterocycles. The molecule has 4 nitrogen and oxygen atoms in total. The zero-order valence-electron chi connectivity index (χ0n) is 18.0. The van der Waals surface area contributed by atoms with E-state index in [2.05, 4.69) is 53.4 Å². The van der Waals surface area contributed by atoms with Gasteiger partial charge in [0.05, 0.1) is 31.5 Å². The van der Waals surface area contributed by atoms with Crippen molar-refractivity contribution in [3.63, 3.8) is 0 Å². The Labute approximate surface area is 185 Å². The third-order valence-electron chi connectivity index (χ3n) is 5.85. The maximum Gasteiger partial charge on any atom is 0.103 e. The van der Waals surface area contributed by atoms with Crippen LogP contribution in [0.4, 0.5) is 0 Å². The maximum atomic E-state index is 10.7. The Hall–Kier alpha value is -2.50.